The Morgan fingerprint density at radius 3 is 2.49 bits per heavy atom. The molecule has 0 saturated carbocycles. The number of thiazole rings is 1. The van der Waals surface area contributed by atoms with Gasteiger partial charge in [-0.3, -0.25) is 14.4 Å². The van der Waals surface area contributed by atoms with Gasteiger partial charge in [0.1, 0.15) is 11.3 Å². The lowest BCUT2D eigenvalue weighted by Crippen LogP contribution is -2.42. The summed E-state index contributed by atoms with van der Waals surface area (Å²) in [6, 6.07) is 12.5. The number of benzene rings is 2. The standard InChI is InChI=1S/C26H28FN5O3S2/c1-18-15-19(2)17-31(16-18)37(34,35)21-9-7-20(8-10-21)25(33)32(14-13-30-12-4-11-28-30)26-29-24-22(27)5-3-6-23(24)36-26/h3-12,18-19H,13-17H2,1-2H3. The lowest BCUT2D eigenvalue weighted by Gasteiger charge is -2.34. The van der Waals surface area contributed by atoms with Crippen LogP contribution in [-0.2, 0) is 16.6 Å². The van der Waals surface area contributed by atoms with E-state index in [1.807, 2.05) is 0 Å². The van der Waals surface area contributed by atoms with Gasteiger partial charge in [0.25, 0.3) is 5.91 Å². The second-order valence-electron chi connectivity index (χ2n) is 9.60. The molecule has 1 aliphatic rings. The quantitative estimate of drug-likeness (QED) is 0.340. The molecule has 1 saturated heterocycles. The van der Waals surface area contributed by atoms with Crippen molar-refractivity contribution in [3.05, 3.63) is 72.3 Å². The molecule has 1 fully saturated rings. The van der Waals surface area contributed by atoms with Crippen molar-refractivity contribution in [1.82, 2.24) is 19.1 Å². The third-order valence-corrected chi connectivity index (χ3v) is 9.41. The zero-order chi connectivity index (χ0) is 26.2. The Hall–Kier alpha value is -3.15. The van der Waals surface area contributed by atoms with Gasteiger partial charge in [-0.05, 0) is 60.7 Å². The van der Waals surface area contributed by atoms with Gasteiger partial charge in [0.15, 0.2) is 5.13 Å². The zero-order valence-electron chi connectivity index (χ0n) is 20.6. The minimum atomic E-state index is -3.66. The molecule has 4 aromatic rings. The molecule has 0 bridgehead atoms. The lowest BCUT2D eigenvalue weighted by atomic mass is 9.94. The van der Waals surface area contributed by atoms with Gasteiger partial charge in [0, 0.05) is 37.6 Å². The number of aromatic nitrogens is 3. The molecule has 0 spiro atoms. The number of carbonyl (C=O) groups is 1. The third kappa shape index (κ3) is 5.29. The van der Waals surface area contributed by atoms with Crippen LogP contribution in [0, 0.1) is 17.7 Å². The van der Waals surface area contributed by atoms with Crippen molar-refractivity contribution in [2.24, 2.45) is 11.8 Å². The number of rotatable bonds is 7. The summed E-state index contributed by atoms with van der Waals surface area (Å²) in [7, 11) is -3.66. The Kier molecular flexibility index (Phi) is 7.11. The summed E-state index contributed by atoms with van der Waals surface area (Å²) in [4.78, 5) is 19.7. The highest BCUT2D eigenvalue weighted by molar-refractivity contribution is 7.89. The van der Waals surface area contributed by atoms with Gasteiger partial charge in [-0.15, -0.1) is 0 Å². The van der Waals surface area contributed by atoms with Crippen LogP contribution >= 0.6 is 11.3 Å². The fourth-order valence-corrected chi connectivity index (χ4v) is 7.50. The molecule has 2 unspecified atom stereocenters. The second kappa shape index (κ2) is 10.3. The van der Waals surface area contributed by atoms with Gasteiger partial charge in [-0.1, -0.05) is 31.3 Å². The Morgan fingerprint density at radius 2 is 1.84 bits per heavy atom. The molecule has 3 heterocycles. The van der Waals surface area contributed by atoms with Gasteiger partial charge >= 0.3 is 0 Å². The number of sulfonamides is 1. The van der Waals surface area contributed by atoms with E-state index in [0.29, 0.717) is 46.9 Å². The van der Waals surface area contributed by atoms with E-state index in [9.17, 15) is 17.6 Å². The van der Waals surface area contributed by atoms with E-state index in [1.54, 1.807) is 35.3 Å². The van der Waals surface area contributed by atoms with Crippen molar-refractivity contribution < 1.29 is 17.6 Å². The second-order valence-corrected chi connectivity index (χ2v) is 12.5. The number of fused-ring (bicyclic) bond motifs is 1. The first kappa shape index (κ1) is 25.5. The Balaban J connectivity index is 1.43. The molecule has 2 aromatic heterocycles. The molecule has 1 aliphatic heterocycles. The van der Waals surface area contributed by atoms with Crippen molar-refractivity contribution in [3.63, 3.8) is 0 Å². The molecule has 1 amide bonds. The fourth-order valence-electron chi connectivity index (χ4n) is 4.81. The number of amides is 1. The normalized spacial score (nSPS) is 18.8. The molecule has 2 atom stereocenters. The Labute approximate surface area is 219 Å². The van der Waals surface area contributed by atoms with Crippen LogP contribution in [0.25, 0.3) is 10.2 Å². The average molecular weight is 542 g/mol. The van der Waals surface area contributed by atoms with Crippen LogP contribution in [0.4, 0.5) is 9.52 Å². The Morgan fingerprint density at radius 1 is 1.11 bits per heavy atom. The van der Waals surface area contributed by atoms with Gasteiger partial charge in [-0.25, -0.2) is 17.8 Å². The average Bonchev–Trinajstić information content (AvgIpc) is 3.54. The first-order valence-corrected chi connectivity index (χ1v) is 14.4. The van der Waals surface area contributed by atoms with Crippen LogP contribution in [0.1, 0.15) is 30.6 Å². The van der Waals surface area contributed by atoms with Gasteiger partial charge in [0.2, 0.25) is 10.0 Å². The van der Waals surface area contributed by atoms with E-state index in [1.165, 1.54) is 50.9 Å². The summed E-state index contributed by atoms with van der Waals surface area (Å²) >= 11 is 1.23. The number of nitrogens with zero attached hydrogens (tertiary/aromatic N) is 5. The van der Waals surface area contributed by atoms with E-state index in [4.69, 9.17) is 0 Å². The highest BCUT2D eigenvalue weighted by atomic mass is 32.2. The van der Waals surface area contributed by atoms with E-state index in [-0.39, 0.29) is 22.9 Å². The van der Waals surface area contributed by atoms with E-state index in [0.717, 1.165) is 6.42 Å². The third-order valence-electron chi connectivity index (χ3n) is 6.52. The van der Waals surface area contributed by atoms with Crippen molar-refractivity contribution in [2.75, 3.05) is 24.5 Å². The maximum absolute atomic E-state index is 14.3. The van der Waals surface area contributed by atoms with Crippen molar-refractivity contribution in [1.29, 1.82) is 0 Å². The lowest BCUT2D eigenvalue weighted by molar-refractivity contribution is 0.0985. The molecular formula is C26H28FN5O3S2. The molecule has 194 valence electrons. The molecule has 0 aliphatic carbocycles. The SMILES string of the molecule is CC1CC(C)CN(S(=O)(=O)c2ccc(C(=O)N(CCn3cccn3)c3nc4c(F)cccc4s3)cc2)C1. The predicted octanol–water partition coefficient (Wildman–Crippen LogP) is 4.65. The topological polar surface area (TPSA) is 88.4 Å². The molecule has 11 heteroatoms. The number of hydrogen-bond acceptors (Lipinski definition) is 6. The number of halogens is 1. The van der Waals surface area contributed by atoms with E-state index >= 15 is 0 Å². The largest absolute Gasteiger partial charge is 0.282 e. The first-order valence-electron chi connectivity index (χ1n) is 12.2. The van der Waals surface area contributed by atoms with E-state index in [2.05, 4.69) is 23.9 Å². The molecule has 5 rings (SSSR count). The van der Waals surface area contributed by atoms with Crippen LogP contribution in [0.3, 0.4) is 0 Å². The van der Waals surface area contributed by atoms with Crippen molar-refractivity contribution in [2.45, 2.75) is 31.7 Å². The number of para-hydroxylation sites is 1. The van der Waals surface area contributed by atoms with Crippen LogP contribution in [0.15, 0.2) is 65.8 Å². The van der Waals surface area contributed by atoms with Crippen LogP contribution in [0.2, 0.25) is 0 Å². The van der Waals surface area contributed by atoms with E-state index < -0.39 is 15.8 Å². The predicted molar refractivity (Wildman–Crippen MR) is 142 cm³/mol. The highest BCUT2D eigenvalue weighted by Crippen LogP contribution is 2.32. The van der Waals surface area contributed by atoms with Gasteiger partial charge in [-0.2, -0.15) is 9.40 Å². The number of hydrogen-bond donors (Lipinski definition) is 0. The van der Waals surface area contributed by atoms with Gasteiger partial charge < -0.3 is 0 Å². The van der Waals surface area contributed by atoms with Crippen molar-refractivity contribution >= 4 is 42.6 Å². The smallest absolute Gasteiger partial charge is 0.260 e. The minimum absolute atomic E-state index is 0.162. The number of piperidine rings is 1. The molecule has 8 nitrogen and oxygen atoms in total. The molecule has 37 heavy (non-hydrogen) atoms. The molecule has 0 N–H and O–H groups in total. The first-order chi connectivity index (χ1) is 17.7. The van der Waals surface area contributed by atoms with Crippen LogP contribution < -0.4 is 4.90 Å². The monoisotopic (exact) mass is 541 g/mol. The summed E-state index contributed by atoms with van der Waals surface area (Å²) in [5, 5.41) is 4.56. The highest BCUT2D eigenvalue weighted by Gasteiger charge is 2.32. The Bertz CT molecular complexity index is 1490. The fraction of sp³-hybridized carbons (Fsp3) is 0.346. The summed E-state index contributed by atoms with van der Waals surface area (Å²) in [6.45, 7) is 5.77. The minimum Gasteiger partial charge on any atom is -0.282 e. The van der Waals surface area contributed by atoms with Crippen LogP contribution in [0.5, 0.6) is 0 Å². The summed E-state index contributed by atoms with van der Waals surface area (Å²) < 4.78 is 44.7. The molecule has 2 aromatic carbocycles. The number of anilines is 1. The van der Waals surface area contributed by atoms with Crippen molar-refractivity contribution in [3.8, 4) is 0 Å². The van der Waals surface area contributed by atoms with Crippen LogP contribution in [-0.4, -0.2) is 53.0 Å². The maximum Gasteiger partial charge on any atom is 0.260 e. The maximum atomic E-state index is 14.3. The number of carbonyl (C=O) groups excluding carboxylic acids is 1. The zero-order valence-corrected chi connectivity index (χ0v) is 22.3. The molecule has 0 radical (unpaired) electrons. The summed E-state index contributed by atoms with van der Waals surface area (Å²) in [6.07, 6.45) is 4.45. The summed E-state index contributed by atoms with van der Waals surface area (Å²) in [5.41, 5.74) is 0.533. The van der Waals surface area contributed by atoms with Gasteiger partial charge in [0.05, 0.1) is 16.1 Å². The summed E-state index contributed by atoms with van der Waals surface area (Å²) in [5.74, 6) is -0.214. The molecular weight excluding hydrogens is 513 g/mol.